The fourth-order valence-electron chi connectivity index (χ4n) is 1.98. The highest BCUT2D eigenvalue weighted by Gasteiger charge is 2.17. The van der Waals surface area contributed by atoms with Gasteiger partial charge in [0.2, 0.25) is 0 Å². The quantitative estimate of drug-likeness (QED) is 0.926. The minimum absolute atomic E-state index is 0.352. The van der Waals surface area contributed by atoms with Crippen LogP contribution in [0.3, 0.4) is 0 Å². The molecule has 2 rings (SSSR count). The normalized spacial score (nSPS) is 10.9. The number of nitrogens with two attached hydrogens (primary N) is 1. The van der Waals surface area contributed by atoms with Crippen LogP contribution in [0, 0.1) is 5.82 Å². The zero-order valence-corrected chi connectivity index (χ0v) is 11.1. The van der Waals surface area contributed by atoms with Gasteiger partial charge < -0.3 is 5.73 Å². The van der Waals surface area contributed by atoms with Gasteiger partial charge in [-0.05, 0) is 24.6 Å². The minimum atomic E-state index is -0.357. The molecule has 1 aromatic carbocycles. The Balaban J connectivity index is 2.59. The molecule has 0 fully saturated rings. The maximum atomic E-state index is 13.1. The molecule has 0 amide bonds. The number of nitrogens with zero attached hydrogens (tertiary/aromatic N) is 2. The van der Waals surface area contributed by atoms with Crippen molar-refractivity contribution in [2.45, 2.75) is 19.8 Å². The predicted molar refractivity (Wildman–Crippen MR) is 72.0 cm³/mol. The van der Waals surface area contributed by atoms with E-state index in [0.717, 1.165) is 24.1 Å². The van der Waals surface area contributed by atoms with E-state index in [2.05, 4.69) is 12.0 Å². The summed E-state index contributed by atoms with van der Waals surface area (Å²) in [5, 5.41) is 4.73. The Morgan fingerprint density at radius 2 is 2.17 bits per heavy atom. The van der Waals surface area contributed by atoms with Crippen LogP contribution >= 0.6 is 11.6 Å². The van der Waals surface area contributed by atoms with Gasteiger partial charge >= 0.3 is 0 Å². The van der Waals surface area contributed by atoms with Crippen molar-refractivity contribution in [3.63, 3.8) is 0 Å². The van der Waals surface area contributed by atoms with Crippen molar-refractivity contribution in [3.05, 3.63) is 34.6 Å². The molecule has 1 heterocycles. The number of hydrogen-bond acceptors (Lipinski definition) is 2. The van der Waals surface area contributed by atoms with Gasteiger partial charge in [0.25, 0.3) is 0 Å². The number of aromatic nitrogens is 2. The van der Waals surface area contributed by atoms with Crippen molar-refractivity contribution in [2.24, 2.45) is 7.05 Å². The van der Waals surface area contributed by atoms with Crippen molar-refractivity contribution < 1.29 is 4.39 Å². The zero-order valence-electron chi connectivity index (χ0n) is 10.4. The van der Waals surface area contributed by atoms with Gasteiger partial charge in [0.15, 0.2) is 0 Å². The minimum Gasteiger partial charge on any atom is -0.384 e. The summed E-state index contributed by atoms with van der Waals surface area (Å²) >= 11 is 6.07. The predicted octanol–water partition coefficient (Wildman–Crippen LogP) is 3.41. The standard InChI is InChI=1S/C13H15ClFN3/c1-3-4-10-12(17-18(2)13(10)16)9-6-5-8(15)7-11(9)14/h5-7H,3-4,16H2,1-2H3. The van der Waals surface area contributed by atoms with Crippen molar-refractivity contribution in [1.82, 2.24) is 9.78 Å². The molecule has 0 bridgehead atoms. The van der Waals surface area contributed by atoms with Crippen LogP contribution in [-0.4, -0.2) is 9.78 Å². The van der Waals surface area contributed by atoms with E-state index in [1.807, 2.05) is 0 Å². The Morgan fingerprint density at radius 1 is 1.44 bits per heavy atom. The van der Waals surface area contributed by atoms with E-state index in [4.69, 9.17) is 17.3 Å². The molecule has 3 nitrogen and oxygen atoms in total. The zero-order chi connectivity index (χ0) is 13.3. The summed E-state index contributed by atoms with van der Waals surface area (Å²) in [5.41, 5.74) is 8.41. The highest BCUT2D eigenvalue weighted by molar-refractivity contribution is 6.33. The number of rotatable bonds is 3. The molecule has 0 saturated heterocycles. The Bertz CT molecular complexity index is 578. The van der Waals surface area contributed by atoms with Crippen LogP contribution in [0.4, 0.5) is 10.2 Å². The molecular formula is C13H15ClFN3. The maximum Gasteiger partial charge on any atom is 0.125 e. The smallest absolute Gasteiger partial charge is 0.125 e. The van der Waals surface area contributed by atoms with Crippen LogP contribution in [-0.2, 0) is 13.5 Å². The number of anilines is 1. The second-order valence-corrected chi connectivity index (χ2v) is 4.62. The summed E-state index contributed by atoms with van der Waals surface area (Å²) in [6, 6.07) is 4.30. The van der Waals surface area contributed by atoms with Gasteiger partial charge in [0.1, 0.15) is 11.6 Å². The highest BCUT2D eigenvalue weighted by atomic mass is 35.5. The molecule has 0 saturated carbocycles. The number of halogens is 2. The molecule has 1 aromatic heterocycles. The number of aryl methyl sites for hydroxylation is 1. The Labute approximate surface area is 110 Å². The van der Waals surface area contributed by atoms with Gasteiger partial charge in [-0.15, -0.1) is 0 Å². The molecule has 0 aliphatic heterocycles. The molecule has 0 unspecified atom stereocenters. The third-order valence-corrected chi connectivity index (χ3v) is 3.19. The molecular weight excluding hydrogens is 253 g/mol. The van der Waals surface area contributed by atoms with Crippen LogP contribution in [0.2, 0.25) is 5.02 Å². The molecule has 0 aliphatic carbocycles. The molecule has 0 aliphatic rings. The van der Waals surface area contributed by atoms with Crippen LogP contribution < -0.4 is 5.73 Å². The SMILES string of the molecule is CCCc1c(-c2ccc(F)cc2Cl)nn(C)c1N. The van der Waals surface area contributed by atoms with Gasteiger partial charge in [-0.3, -0.25) is 4.68 Å². The lowest BCUT2D eigenvalue weighted by Crippen LogP contribution is -1.99. The third-order valence-electron chi connectivity index (χ3n) is 2.88. The van der Waals surface area contributed by atoms with E-state index in [9.17, 15) is 4.39 Å². The average molecular weight is 268 g/mol. The molecule has 2 N–H and O–H groups in total. The van der Waals surface area contributed by atoms with Gasteiger partial charge in [-0.1, -0.05) is 24.9 Å². The fraction of sp³-hybridized carbons (Fsp3) is 0.308. The van der Waals surface area contributed by atoms with Crippen LogP contribution in [0.5, 0.6) is 0 Å². The van der Waals surface area contributed by atoms with Crippen LogP contribution in [0.1, 0.15) is 18.9 Å². The van der Waals surface area contributed by atoms with E-state index in [-0.39, 0.29) is 5.82 Å². The molecule has 96 valence electrons. The topological polar surface area (TPSA) is 43.8 Å². The molecule has 0 spiro atoms. The summed E-state index contributed by atoms with van der Waals surface area (Å²) in [6.07, 6.45) is 1.78. The summed E-state index contributed by atoms with van der Waals surface area (Å²) in [5.74, 6) is 0.275. The monoisotopic (exact) mass is 267 g/mol. The summed E-state index contributed by atoms with van der Waals surface area (Å²) < 4.78 is 14.7. The third kappa shape index (κ3) is 2.20. The molecule has 5 heteroatoms. The summed E-state index contributed by atoms with van der Waals surface area (Å²) in [6.45, 7) is 2.07. The average Bonchev–Trinajstić information content (AvgIpc) is 2.58. The summed E-state index contributed by atoms with van der Waals surface area (Å²) in [7, 11) is 1.79. The first-order valence-corrected chi connectivity index (χ1v) is 6.19. The van der Waals surface area contributed by atoms with Crippen molar-refractivity contribution >= 4 is 17.4 Å². The summed E-state index contributed by atoms with van der Waals surface area (Å²) in [4.78, 5) is 0. The number of benzene rings is 1. The first kappa shape index (κ1) is 12.9. The largest absolute Gasteiger partial charge is 0.384 e. The van der Waals surface area contributed by atoms with Crippen molar-refractivity contribution in [3.8, 4) is 11.3 Å². The second kappa shape index (κ2) is 4.98. The number of hydrogen-bond donors (Lipinski definition) is 1. The van der Waals surface area contributed by atoms with E-state index < -0.39 is 0 Å². The molecule has 2 aromatic rings. The molecule has 0 radical (unpaired) electrons. The van der Waals surface area contributed by atoms with Gasteiger partial charge in [-0.25, -0.2) is 4.39 Å². The maximum absolute atomic E-state index is 13.1. The lowest BCUT2D eigenvalue weighted by molar-refractivity contribution is 0.628. The Hall–Kier alpha value is -1.55. The van der Waals surface area contributed by atoms with Crippen molar-refractivity contribution in [2.75, 3.05) is 5.73 Å². The van der Waals surface area contributed by atoms with Crippen LogP contribution in [0.15, 0.2) is 18.2 Å². The first-order valence-electron chi connectivity index (χ1n) is 5.81. The van der Waals surface area contributed by atoms with E-state index >= 15 is 0 Å². The number of nitrogen functional groups attached to an aromatic ring is 1. The van der Waals surface area contributed by atoms with Crippen molar-refractivity contribution in [1.29, 1.82) is 0 Å². The lowest BCUT2D eigenvalue weighted by Gasteiger charge is -2.04. The van der Waals surface area contributed by atoms with E-state index in [1.54, 1.807) is 17.8 Å². The Morgan fingerprint density at radius 3 is 2.78 bits per heavy atom. The van der Waals surface area contributed by atoms with Crippen LogP contribution in [0.25, 0.3) is 11.3 Å². The Kier molecular flexibility index (Phi) is 3.57. The van der Waals surface area contributed by atoms with Gasteiger partial charge in [0, 0.05) is 18.2 Å². The highest BCUT2D eigenvalue weighted by Crippen LogP contribution is 2.33. The molecule has 18 heavy (non-hydrogen) atoms. The first-order chi connectivity index (χ1) is 8.54. The van der Waals surface area contributed by atoms with Gasteiger partial charge in [-0.2, -0.15) is 5.10 Å². The van der Waals surface area contributed by atoms with E-state index in [1.165, 1.54) is 12.1 Å². The lowest BCUT2D eigenvalue weighted by atomic mass is 10.0. The fourth-order valence-corrected chi connectivity index (χ4v) is 2.23. The second-order valence-electron chi connectivity index (χ2n) is 4.21. The van der Waals surface area contributed by atoms with E-state index in [0.29, 0.717) is 16.4 Å². The van der Waals surface area contributed by atoms with Gasteiger partial charge in [0.05, 0.1) is 10.7 Å². The molecule has 0 atom stereocenters.